The summed E-state index contributed by atoms with van der Waals surface area (Å²) < 4.78 is 4.86. The van der Waals surface area contributed by atoms with Gasteiger partial charge in [0.1, 0.15) is 0 Å². The summed E-state index contributed by atoms with van der Waals surface area (Å²) in [6, 6.07) is 3.38. The first-order valence-electron chi connectivity index (χ1n) is 6.51. The molecule has 2 amide bonds. The lowest BCUT2D eigenvalue weighted by molar-refractivity contribution is 0.0731. The lowest BCUT2D eigenvalue weighted by atomic mass is 10.1. The fourth-order valence-corrected chi connectivity index (χ4v) is 2.47. The Balaban J connectivity index is 2.36. The van der Waals surface area contributed by atoms with Crippen LogP contribution >= 0.6 is 11.6 Å². The van der Waals surface area contributed by atoms with Crippen molar-refractivity contribution in [2.45, 2.75) is 33.4 Å². The van der Waals surface area contributed by atoms with Crippen LogP contribution in [0, 0.1) is 0 Å². The van der Waals surface area contributed by atoms with Crippen molar-refractivity contribution in [1.29, 1.82) is 0 Å². The van der Waals surface area contributed by atoms with E-state index in [1.165, 1.54) is 0 Å². The normalized spacial score (nSPS) is 13.7. The van der Waals surface area contributed by atoms with Gasteiger partial charge in [-0.15, -0.1) is 0 Å². The molecule has 0 aromatic heterocycles. The first-order valence-corrected chi connectivity index (χ1v) is 6.89. The van der Waals surface area contributed by atoms with Crippen molar-refractivity contribution in [1.82, 2.24) is 4.90 Å². The molecule has 5 nitrogen and oxygen atoms in total. The highest BCUT2D eigenvalue weighted by Gasteiger charge is 2.33. The molecule has 0 saturated heterocycles. The van der Waals surface area contributed by atoms with Crippen LogP contribution in [-0.4, -0.2) is 29.5 Å². The number of fused-ring (bicyclic) bond motifs is 1. The first kappa shape index (κ1) is 14.7. The molecule has 1 N–H and O–H groups in total. The van der Waals surface area contributed by atoms with Crippen molar-refractivity contribution in [3.05, 3.63) is 28.3 Å². The number of carbonyl (C=O) groups is 2. The maximum atomic E-state index is 12.3. The minimum Gasteiger partial charge on any atom is -0.450 e. The third kappa shape index (κ3) is 2.58. The van der Waals surface area contributed by atoms with E-state index in [9.17, 15) is 9.59 Å². The minimum atomic E-state index is -0.535. The molecule has 0 bridgehead atoms. The van der Waals surface area contributed by atoms with E-state index in [1.54, 1.807) is 24.0 Å². The zero-order valence-electron chi connectivity index (χ0n) is 11.7. The van der Waals surface area contributed by atoms with Gasteiger partial charge in [0.25, 0.3) is 5.91 Å². The lowest BCUT2D eigenvalue weighted by Crippen LogP contribution is -2.30. The van der Waals surface area contributed by atoms with E-state index in [-0.39, 0.29) is 11.9 Å². The molecule has 108 valence electrons. The number of benzene rings is 1. The minimum absolute atomic E-state index is 0.0708. The van der Waals surface area contributed by atoms with Crippen LogP contribution in [0.2, 0.25) is 5.02 Å². The van der Waals surface area contributed by atoms with Crippen LogP contribution in [0.5, 0.6) is 0 Å². The maximum absolute atomic E-state index is 12.3. The summed E-state index contributed by atoms with van der Waals surface area (Å²) >= 11 is 6.11. The van der Waals surface area contributed by atoms with Crippen molar-refractivity contribution in [2.24, 2.45) is 0 Å². The third-order valence-corrected chi connectivity index (χ3v) is 3.52. The number of anilines is 1. The highest BCUT2D eigenvalue weighted by molar-refractivity contribution is 6.34. The van der Waals surface area contributed by atoms with Crippen LogP contribution in [0.3, 0.4) is 0 Å². The van der Waals surface area contributed by atoms with Crippen LogP contribution in [0.15, 0.2) is 12.1 Å². The molecule has 0 radical (unpaired) electrons. The van der Waals surface area contributed by atoms with Crippen LogP contribution < -0.4 is 5.32 Å². The molecule has 0 spiro atoms. The maximum Gasteiger partial charge on any atom is 0.411 e. The molecule has 0 unspecified atom stereocenters. The standard InChI is InChI=1S/C14H17ClN2O3/c1-4-20-14(19)16-11-6-5-10(15)12-9(11)7-17(8(2)3)13(12)18/h5-6,8H,4,7H2,1-3H3,(H,16,19). The van der Waals surface area contributed by atoms with Crippen molar-refractivity contribution in [3.63, 3.8) is 0 Å². The van der Waals surface area contributed by atoms with Gasteiger partial charge in [-0.1, -0.05) is 11.6 Å². The Morgan fingerprint density at radius 3 is 2.80 bits per heavy atom. The van der Waals surface area contributed by atoms with Crippen LogP contribution in [0.4, 0.5) is 10.5 Å². The lowest BCUT2D eigenvalue weighted by Gasteiger charge is -2.20. The smallest absolute Gasteiger partial charge is 0.411 e. The van der Waals surface area contributed by atoms with E-state index in [1.807, 2.05) is 13.8 Å². The predicted molar refractivity (Wildman–Crippen MR) is 77.1 cm³/mol. The second-order valence-corrected chi connectivity index (χ2v) is 5.23. The molecule has 0 saturated carbocycles. The topological polar surface area (TPSA) is 58.6 Å². The Labute approximate surface area is 122 Å². The van der Waals surface area contributed by atoms with Crippen molar-refractivity contribution < 1.29 is 14.3 Å². The monoisotopic (exact) mass is 296 g/mol. The van der Waals surface area contributed by atoms with Gasteiger partial charge in [-0.25, -0.2) is 4.79 Å². The fraction of sp³-hybridized carbons (Fsp3) is 0.429. The van der Waals surface area contributed by atoms with Gasteiger partial charge in [-0.05, 0) is 32.9 Å². The number of nitrogens with zero attached hydrogens (tertiary/aromatic N) is 1. The quantitative estimate of drug-likeness (QED) is 0.931. The zero-order chi connectivity index (χ0) is 14.9. The molecule has 20 heavy (non-hydrogen) atoms. The van der Waals surface area contributed by atoms with Gasteiger partial charge in [0.2, 0.25) is 0 Å². The molecule has 2 rings (SSSR count). The van der Waals surface area contributed by atoms with Gasteiger partial charge >= 0.3 is 6.09 Å². The number of amides is 2. The van der Waals surface area contributed by atoms with Crippen molar-refractivity contribution in [3.8, 4) is 0 Å². The van der Waals surface area contributed by atoms with Gasteiger partial charge in [0.05, 0.1) is 17.2 Å². The third-order valence-electron chi connectivity index (χ3n) is 3.20. The van der Waals surface area contributed by atoms with E-state index >= 15 is 0 Å². The molecule has 0 fully saturated rings. The average Bonchev–Trinajstić information content (AvgIpc) is 2.72. The Morgan fingerprint density at radius 1 is 1.50 bits per heavy atom. The molecular formula is C14H17ClN2O3. The molecule has 1 aromatic rings. The summed E-state index contributed by atoms with van der Waals surface area (Å²) in [6.45, 7) is 6.34. The first-order chi connectivity index (χ1) is 9.45. The number of halogens is 1. The van der Waals surface area contributed by atoms with Crippen LogP contribution in [0.25, 0.3) is 0 Å². The van der Waals surface area contributed by atoms with E-state index in [0.29, 0.717) is 29.4 Å². The van der Waals surface area contributed by atoms with Gasteiger partial charge in [0, 0.05) is 23.8 Å². The largest absolute Gasteiger partial charge is 0.450 e. The molecule has 1 aromatic carbocycles. The number of carbonyl (C=O) groups excluding carboxylic acids is 2. The Kier molecular flexibility index (Phi) is 4.18. The average molecular weight is 297 g/mol. The van der Waals surface area contributed by atoms with Gasteiger partial charge in [0.15, 0.2) is 0 Å². The summed E-state index contributed by atoms with van der Waals surface area (Å²) in [7, 11) is 0. The summed E-state index contributed by atoms with van der Waals surface area (Å²) in [6.07, 6.45) is -0.535. The van der Waals surface area contributed by atoms with Crippen LogP contribution in [0.1, 0.15) is 36.7 Å². The molecule has 0 aliphatic carbocycles. The SMILES string of the molecule is CCOC(=O)Nc1ccc(Cl)c2c1CN(C(C)C)C2=O. The van der Waals surface area contributed by atoms with Gasteiger partial charge in [-0.3, -0.25) is 10.1 Å². The number of ether oxygens (including phenoxy) is 1. The summed E-state index contributed by atoms with van der Waals surface area (Å²) in [4.78, 5) is 25.6. The molecular weight excluding hydrogens is 280 g/mol. The molecule has 0 atom stereocenters. The van der Waals surface area contributed by atoms with E-state index in [4.69, 9.17) is 16.3 Å². The van der Waals surface area contributed by atoms with E-state index in [0.717, 1.165) is 5.56 Å². The number of hydrogen-bond acceptors (Lipinski definition) is 3. The Morgan fingerprint density at radius 2 is 2.20 bits per heavy atom. The molecule has 1 aliphatic rings. The summed E-state index contributed by atoms with van der Waals surface area (Å²) in [5, 5.41) is 3.06. The van der Waals surface area contributed by atoms with Crippen molar-refractivity contribution in [2.75, 3.05) is 11.9 Å². The van der Waals surface area contributed by atoms with Crippen molar-refractivity contribution >= 4 is 29.3 Å². The zero-order valence-corrected chi connectivity index (χ0v) is 12.5. The van der Waals surface area contributed by atoms with E-state index in [2.05, 4.69) is 5.32 Å². The fourth-order valence-electron chi connectivity index (χ4n) is 2.21. The number of hydrogen-bond donors (Lipinski definition) is 1. The predicted octanol–water partition coefficient (Wildman–Crippen LogP) is 3.27. The van der Waals surface area contributed by atoms with Gasteiger partial charge < -0.3 is 9.64 Å². The van der Waals surface area contributed by atoms with Gasteiger partial charge in [-0.2, -0.15) is 0 Å². The molecule has 6 heteroatoms. The van der Waals surface area contributed by atoms with Crippen LogP contribution in [-0.2, 0) is 11.3 Å². The summed E-state index contributed by atoms with van der Waals surface area (Å²) in [5.74, 6) is -0.104. The Hall–Kier alpha value is -1.75. The number of nitrogens with one attached hydrogen (secondary N) is 1. The number of rotatable bonds is 3. The highest BCUT2D eigenvalue weighted by atomic mass is 35.5. The Bertz CT molecular complexity index is 558. The highest BCUT2D eigenvalue weighted by Crippen LogP contribution is 2.35. The van der Waals surface area contributed by atoms with E-state index < -0.39 is 6.09 Å². The molecule has 1 heterocycles. The molecule has 1 aliphatic heterocycles. The second-order valence-electron chi connectivity index (χ2n) is 4.82. The second kappa shape index (κ2) is 5.71. The summed E-state index contributed by atoms with van der Waals surface area (Å²) in [5.41, 5.74) is 1.78.